The molecule has 0 bridgehead atoms. The third kappa shape index (κ3) is 4.89. The Morgan fingerprint density at radius 1 is 0.529 bits per heavy atom. The second-order valence-corrected chi connectivity index (χ2v) is 13.9. The van der Waals surface area contributed by atoms with Crippen LogP contribution in [0.3, 0.4) is 0 Å². The fourth-order valence-corrected chi connectivity index (χ4v) is 4.67. The molecular formula is C28H30O4S2. The van der Waals surface area contributed by atoms with Gasteiger partial charge in [0.25, 0.3) is 0 Å². The molecule has 0 aliphatic rings. The first kappa shape index (κ1) is 24.4. The van der Waals surface area contributed by atoms with Gasteiger partial charge in [-0.25, -0.2) is 8.42 Å². The van der Waals surface area contributed by atoms with Gasteiger partial charge in [0.05, 0.1) is 9.49 Å². The zero-order chi connectivity index (χ0) is 24.7. The van der Waals surface area contributed by atoms with Crippen LogP contribution in [0.2, 0.25) is 0 Å². The summed E-state index contributed by atoms with van der Waals surface area (Å²) in [5.74, 6) is 0.990. The lowest BCUT2D eigenvalue weighted by atomic mass is 9.92. The van der Waals surface area contributed by atoms with Crippen molar-refractivity contribution in [2.45, 2.75) is 51.0 Å². The van der Waals surface area contributed by atoms with E-state index in [1.165, 1.54) is 0 Å². The van der Waals surface area contributed by atoms with Crippen molar-refractivity contribution in [1.29, 1.82) is 0 Å². The van der Waals surface area contributed by atoms with Gasteiger partial charge in [-0.3, -0.25) is 0 Å². The highest BCUT2D eigenvalue weighted by atomic mass is 32.2. The van der Waals surface area contributed by atoms with Gasteiger partial charge < -0.3 is 8.37 Å². The second kappa shape index (κ2) is 9.16. The highest BCUT2D eigenvalue weighted by Crippen LogP contribution is 2.46. The van der Waals surface area contributed by atoms with E-state index in [0.29, 0.717) is 11.5 Å². The van der Waals surface area contributed by atoms with Crippen molar-refractivity contribution in [1.82, 2.24) is 0 Å². The van der Waals surface area contributed by atoms with Crippen molar-refractivity contribution in [3.05, 3.63) is 72.8 Å². The highest BCUT2D eigenvalue weighted by molar-refractivity contribution is 7.82. The van der Waals surface area contributed by atoms with E-state index in [9.17, 15) is 8.42 Å². The van der Waals surface area contributed by atoms with Crippen LogP contribution in [0.4, 0.5) is 0 Å². The standard InChI is InChI=1S/C28H30O4S2/c1-27(2,3)33(29)31-23-17-15-19-11-7-9-13-21(19)25(23)26-22-14-10-8-12-20(22)16-18-24(26)32-34(30)28(4,5)6/h7-18H,1-6H3/t33-,34-/m0/s1. The third-order valence-electron chi connectivity index (χ3n) is 5.36. The van der Waals surface area contributed by atoms with Crippen molar-refractivity contribution >= 4 is 43.7 Å². The molecule has 4 rings (SSSR count). The van der Waals surface area contributed by atoms with Gasteiger partial charge in [0, 0.05) is 11.1 Å². The molecule has 0 unspecified atom stereocenters. The molecule has 4 aromatic carbocycles. The fraction of sp³-hybridized carbons (Fsp3) is 0.286. The van der Waals surface area contributed by atoms with Crippen molar-refractivity contribution in [2.24, 2.45) is 0 Å². The maximum atomic E-state index is 13.0. The Morgan fingerprint density at radius 2 is 0.882 bits per heavy atom. The molecule has 34 heavy (non-hydrogen) atoms. The third-order valence-corrected chi connectivity index (χ3v) is 8.02. The van der Waals surface area contributed by atoms with Gasteiger partial charge in [-0.15, -0.1) is 0 Å². The average molecular weight is 495 g/mol. The summed E-state index contributed by atoms with van der Waals surface area (Å²) in [7, 11) is 0. The van der Waals surface area contributed by atoms with Crippen LogP contribution in [0.15, 0.2) is 72.8 Å². The smallest absolute Gasteiger partial charge is 0.212 e. The second-order valence-electron chi connectivity index (χ2n) is 10.2. The van der Waals surface area contributed by atoms with Crippen molar-refractivity contribution < 1.29 is 16.8 Å². The number of hydrogen-bond acceptors (Lipinski definition) is 4. The molecule has 0 N–H and O–H groups in total. The Bertz CT molecular complexity index is 1300. The molecule has 0 amide bonds. The molecule has 2 atom stereocenters. The van der Waals surface area contributed by atoms with Crippen LogP contribution in [0, 0.1) is 0 Å². The van der Waals surface area contributed by atoms with Crippen LogP contribution < -0.4 is 8.37 Å². The molecule has 0 fully saturated rings. The van der Waals surface area contributed by atoms with Gasteiger partial charge in [0.1, 0.15) is 11.5 Å². The van der Waals surface area contributed by atoms with Gasteiger partial charge in [0.2, 0.25) is 22.2 Å². The molecule has 0 spiro atoms. The summed E-state index contributed by atoms with van der Waals surface area (Å²) in [6.45, 7) is 11.3. The molecular weight excluding hydrogens is 464 g/mol. The van der Waals surface area contributed by atoms with E-state index in [1.807, 2.05) is 114 Å². The van der Waals surface area contributed by atoms with Crippen LogP contribution in [-0.4, -0.2) is 17.9 Å². The maximum absolute atomic E-state index is 13.0. The number of hydrogen-bond donors (Lipinski definition) is 0. The predicted molar refractivity (Wildman–Crippen MR) is 144 cm³/mol. The van der Waals surface area contributed by atoms with E-state index in [4.69, 9.17) is 8.37 Å². The van der Waals surface area contributed by atoms with Crippen LogP contribution in [0.25, 0.3) is 32.7 Å². The van der Waals surface area contributed by atoms with E-state index >= 15 is 0 Å². The van der Waals surface area contributed by atoms with Crippen LogP contribution in [0.5, 0.6) is 11.5 Å². The van der Waals surface area contributed by atoms with Gasteiger partial charge in [-0.05, 0) is 75.2 Å². The number of fused-ring (bicyclic) bond motifs is 2. The quantitative estimate of drug-likeness (QED) is 0.291. The SMILES string of the molecule is CC(C)(C)[S@@](=O)Oc1ccc2ccccc2c1-c1c(O[S@](=O)C(C)(C)C)ccc2ccccc12. The maximum Gasteiger partial charge on any atom is 0.212 e. The Kier molecular flexibility index (Phi) is 6.58. The minimum Gasteiger partial charge on any atom is -0.399 e. The summed E-state index contributed by atoms with van der Waals surface area (Å²) in [5.41, 5.74) is 1.54. The first-order valence-electron chi connectivity index (χ1n) is 11.2. The zero-order valence-electron chi connectivity index (χ0n) is 20.4. The first-order chi connectivity index (χ1) is 16.0. The largest absolute Gasteiger partial charge is 0.399 e. The normalized spacial score (nSPS) is 14.2. The summed E-state index contributed by atoms with van der Waals surface area (Å²) in [6, 6.07) is 23.6. The van der Waals surface area contributed by atoms with Gasteiger partial charge in [0.15, 0.2) is 0 Å². The molecule has 0 aliphatic carbocycles. The van der Waals surface area contributed by atoms with Gasteiger partial charge in [-0.2, -0.15) is 0 Å². The van der Waals surface area contributed by atoms with E-state index in [1.54, 1.807) is 0 Å². The van der Waals surface area contributed by atoms with Crippen molar-refractivity contribution in [3.63, 3.8) is 0 Å². The summed E-state index contributed by atoms with van der Waals surface area (Å²) in [6.07, 6.45) is 0. The average Bonchev–Trinajstić information content (AvgIpc) is 2.78. The molecule has 0 aromatic heterocycles. The monoisotopic (exact) mass is 494 g/mol. The molecule has 6 heteroatoms. The van der Waals surface area contributed by atoms with Crippen molar-refractivity contribution in [2.75, 3.05) is 0 Å². The lowest BCUT2D eigenvalue weighted by molar-refractivity contribution is 0.526. The van der Waals surface area contributed by atoms with E-state index in [2.05, 4.69) is 0 Å². The molecule has 0 heterocycles. The lowest BCUT2D eigenvalue weighted by Gasteiger charge is -2.23. The predicted octanol–water partition coefficient (Wildman–Crippen LogP) is 7.34. The Hall–Kier alpha value is -2.70. The van der Waals surface area contributed by atoms with Crippen LogP contribution in [-0.2, 0) is 22.2 Å². The molecule has 0 saturated heterocycles. The van der Waals surface area contributed by atoms with Crippen molar-refractivity contribution in [3.8, 4) is 22.6 Å². The Labute approximate surface area is 206 Å². The summed E-state index contributed by atoms with van der Waals surface area (Å²) in [5, 5.41) is 3.91. The molecule has 4 aromatic rings. The molecule has 0 aliphatic heterocycles. The van der Waals surface area contributed by atoms with Crippen LogP contribution in [0.1, 0.15) is 41.5 Å². The van der Waals surface area contributed by atoms with E-state index < -0.39 is 31.7 Å². The molecule has 4 nitrogen and oxygen atoms in total. The highest BCUT2D eigenvalue weighted by Gasteiger charge is 2.28. The van der Waals surface area contributed by atoms with Crippen LogP contribution >= 0.6 is 0 Å². The first-order valence-corrected chi connectivity index (χ1v) is 13.4. The number of benzene rings is 4. The van der Waals surface area contributed by atoms with Gasteiger partial charge in [-0.1, -0.05) is 60.7 Å². The topological polar surface area (TPSA) is 52.6 Å². The molecule has 178 valence electrons. The van der Waals surface area contributed by atoms with E-state index in [-0.39, 0.29) is 0 Å². The zero-order valence-corrected chi connectivity index (χ0v) is 22.0. The minimum atomic E-state index is -1.58. The Morgan fingerprint density at radius 3 is 1.24 bits per heavy atom. The van der Waals surface area contributed by atoms with E-state index in [0.717, 1.165) is 32.7 Å². The fourth-order valence-electron chi connectivity index (χ4n) is 3.57. The summed E-state index contributed by atoms with van der Waals surface area (Å²) >= 11 is -3.16. The summed E-state index contributed by atoms with van der Waals surface area (Å²) in [4.78, 5) is 0. The van der Waals surface area contributed by atoms with Gasteiger partial charge >= 0.3 is 0 Å². The summed E-state index contributed by atoms with van der Waals surface area (Å²) < 4.78 is 37.1. The Balaban J connectivity index is 2.06. The lowest BCUT2D eigenvalue weighted by Crippen LogP contribution is -2.26. The number of rotatable bonds is 5. The molecule has 0 radical (unpaired) electrons. The molecule has 0 saturated carbocycles. The minimum absolute atomic E-state index is 0.495.